The average molecular weight is 642 g/mol. The molecule has 1 aromatic heterocycles. The molecule has 5 rings (SSSR count). The number of hydrogen-bond acceptors (Lipinski definition) is 10. The van der Waals surface area contributed by atoms with Crippen molar-refractivity contribution in [1.29, 1.82) is 0 Å². The van der Waals surface area contributed by atoms with Gasteiger partial charge in [-0.25, -0.2) is 4.98 Å². The molecule has 3 heterocycles. The Morgan fingerprint density at radius 1 is 0.894 bits per heavy atom. The molecule has 2 aliphatic heterocycles. The van der Waals surface area contributed by atoms with Crippen molar-refractivity contribution in [2.45, 2.75) is 57.4 Å². The van der Waals surface area contributed by atoms with Gasteiger partial charge in [0.15, 0.2) is 0 Å². The van der Waals surface area contributed by atoms with E-state index in [2.05, 4.69) is 15.6 Å². The highest BCUT2D eigenvalue weighted by atomic mass is 16.6. The van der Waals surface area contributed by atoms with Crippen molar-refractivity contribution in [1.82, 2.24) is 20.5 Å². The van der Waals surface area contributed by atoms with E-state index in [1.807, 2.05) is 79.4 Å². The molecule has 3 N–H and O–H groups in total. The third-order valence-electron chi connectivity index (χ3n) is 8.38. The first-order chi connectivity index (χ1) is 22.5. The number of piperazine rings is 1. The topological polar surface area (TPSA) is 150 Å². The van der Waals surface area contributed by atoms with E-state index in [0.29, 0.717) is 18.8 Å². The van der Waals surface area contributed by atoms with Crippen LogP contribution in [-0.2, 0) is 23.7 Å². The third-order valence-corrected chi connectivity index (χ3v) is 8.38. The minimum atomic E-state index is -1.42. The van der Waals surface area contributed by atoms with Crippen LogP contribution < -0.4 is 15.5 Å². The number of nitrogens with zero attached hydrogens (tertiary/aromatic N) is 3. The number of nitrogens with one attached hydrogen (secondary N) is 2. The Morgan fingerprint density at radius 3 is 2.06 bits per heavy atom. The largest absolute Gasteiger partial charge is 0.622 e. The van der Waals surface area contributed by atoms with Crippen LogP contribution >= 0.6 is 0 Å². The van der Waals surface area contributed by atoms with Crippen molar-refractivity contribution >= 4 is 36.6 Å². The fraction of sp³-hybridized carbons (Fsp3) is 0.382. The molecule has 246 valence electrons. The van der Waals surface area contributed by atoms with Crippen molar-refractivity contribution in [2.24, 2.45) is 5.92 Å². The van der Waals surface area contributed by atoms with Gasteiger partial charge in [0, 0.05) is 24.3 Å². The first-order valence-electron chi connectivity index (χ1n) is 15.8. The van der Waals surface area contributed by atoms with Gasteiger partial charge in [0.25, 0.3) is 5.91 Å². The summed E-state index contributed by atoms with van der Waals surface area (Å²) < 4.78 is 11.6. The van der Waals surface area contributed by atoms with Gasteiger partial charge in [0.05, 0.1) is 17.7 Å². The van der Waals surface area contributed by atoms with Gasteiger partial charge in [0.2, 0.25) is 5.91 Å². The number of carbonyl (C=O) groups is 4. The molecule has 5 atom stereocenters. The molecule has 2 fully saturated rings. The molecule has 2 amide bonds. The van der Waals surface area contributed by atoms with Gasteiger partial charge in [0.1, 0.15) is 23.8 Å². The Hall–Kier alpha value is -4.75. The second-order valence-corrected chi connectivity index (χ2v) is 12.4. The van der Waals surface area contributed by atoms with Crippen molar-refractivity contribution in [3.8, 4) is 11.3 Å². The molecular weight excluding hydrogens is 601 g/mol. The van der Waals surface area contributed by atoms with E-state index in [9.17, 15) is 24.3 Å². The number of aliphatic hydroxyl groups excluding tert-OH is 1. The monoisotopic (exact) mass is 641 g/mol. The van der Waals surface area contributed by atoms with E-state index in [1.54, 1.807) is 24.1 Å². The van der Waals surface area contributed by atoms with Gasteiger partial charge in [-0.2, -0.15) is 0 Å². The van der Waals surface area contributed by atoms with Crippen LogP contribution in [-0.4, -0.2) is 96.2 Å². The van der Waals surface area contributed by atoms with Crippen molar-refractivity contribution in [2.75, 3.05) is 25.0 Å². The number of amides is 2. The molecule has 2 aliphatic rings. The van der Waals surface area contributed by atoms with Gasteiger partial charge < -0.3 is 29.9 Å². The molecule has 0 saturated carbocycles. The van der Waals surface area contributed by atoms with Crippen molar-refractivity contribution < 1.29 is 33.6 Å². The molecule has 0 aliphatic carbocycles. The zero-order valence-electron chi connectivity index (χ0n) is 26.9. The second-order valence-electron chi connectivity index (χ2n) is 12.4. The minimum absolute atomic E-state index is 0.0107. The lowest BCUT2D eigenvalue weighted by atomic mass is 9.73. The molecule has 13 heteroatoms. The molecule has 12 nitrogen and oxygen atoms in total. The summed E-state index contributed by atoms with van der Waals surface area (Å²) >= 11 is 0. The second kappa shape index (κ2) is 14.8. The Morgan fingerprint density at radius 2 is 1.49 bits per heavy atom. The Bertz CT molecular complexity index is 1550. The predicted molar refractivity (Wildman–Crippen MR) is 176 cm³/mol. The Balaban J connectivity index is 1.32. The number of pyridine rings is 1. The zero-order chi connectivity index (χ0) is 33.7. The summed E-state index contributed by atoms with van der Waals surface area (Å²) in [6.07, 6.45) is -1.02. The summed E-state index contributed by atoms with van der Waals surface area (Å²) in [6, 6.07) is 20.9. The van der Waals surface area contributed by atoms with Gasteiger partial charge in [-0.15, -0.1) is 0 Å². The van der Waals surface area contributed by atoms with E-state index >= 15 is 0 Å². The molecule has 0 unspecified atom stereocenters. The van der Waals surface area contributed by atoms with Crippen LogP contribution in [0.25, 0.3) is 11.3 Å². The maximum Gasteiger partial charge on any atom is 0.622 e. The Labute approximate surface area is 274 Å². The van der Waals surface area contributed by atoms with Crippen molar-refractivity contribution in [3.05, 3.63) is 84.6 Å². The van der Waals surface area contributed by atoms with Crippen LogP contribution in [0, 0.1) is 5.92 Å². The lowest BCUT2D eigenvalue weighted by Crippen LogP contribution is -2.67. The van der Waals surface area contributed by atoms with Gasteiger partial charge >= 0.3 is 19.1 Å². The van der Waals surface area contributed by atoms with E-state index in [4.69, 9.17) is 9.31 Å². The quantitative estimate of drug-likeness (QED) is 0.281. The predicted octanol–water partition coefficient (Wildman–Crippen LogP) is 2.08. The first-order valence-corrected chi connectivity index (χ1v) is 15.8. The highest BCUT2D eigenvalue weighted by molar-refractivity contribution is 6.51. The minimum Gasteiger partial charge on any atom is -0.497 e. The standard InChI is InChI=1S/C34H40BN5O7/c1-21(2)18-29(35-46-33(44)27-19-40(24-14-9-6-10-15-24)20-28(39(27)4)34(45)47-35)37-32(43)30(22(3)41)38-31(42)26-17-11-16-25(36-26)23-12-7-5-8-13-23/h5-17,21-22,27-30,41H,18-20H2,1-4H3,(H,37,43)(H,38,42)/t22-,27-,28-,29+,30+/m1/s1. The molecular formula is C34H40BN5O7. The van der Waals surface area contributed by atoms with Crippen LogP contribution in [0.4, 0.5) is 5.69 Å². The van der Waals surface area contributed by atoms with Gasteiger partial charge in [-0.3, -0.25) is 24.1 Å². The summed E-state index contributed by atoms with van der Waals surface area (Å²) in [4.78, 5) is 62.0. The fourth-order valence-corrected chi connectivity index (χ4v) is 5.84. The molecule has 2 saturated heterocycles. The maximum atomic E-state index is 13.6. The number of benzene rings is 2. The summed E-state index contributed by atoms with van der Waals surface area (Å²) in [7, 11) is 0.270. The average Bonchev–Trinajstić information content (AvgIpc) is 3.06. The van der Waals surface area contributed by atoms with E-state index < -0.39 is 61.0 Å². The molecule has 3 aromatic rings. The normalized spacial score (nSPS) is 20.3. The molecule has 0 radical (unpaired) electrons. The summed E-state index contributed by atoms with van der Waals surface area (Å²) in [6.45, 7) is 5.79. The van der Waals surface area contributed by atoms with Crippen LogP contribution in [0.3, 0.4) is 0 Å². The lowest BCUT2D eigenvalue weighted by molar-refractivity contribution is -0.155. The number of rotatable bonds is 10. The van der Waals surface area contributed by atoms with Crippen LogP contribution in [0.15, 0.2) is 78.9 Å². The van der Waals surface area contributed by atoms with E-state index in [-0.39, 0.29) is 18.0 Å². The first kappa shape index (κ1) is 33.6. The molecule has 2 aromatic carbocycles. The SMILES string of the molecule is CC(C)C[C@H](NC(=O)[C@@H](NC(=O)c1cccc(-c2ccccc2)n1)[C@@H](C)O)B1OC(=O)[C@H]2CN(c3ccccc3)C[C@H](C(=O)O1)N2C. The number of likely N-dealkylation sites (N-methyl/N-ethyl adjacent to an activating group) is 1. The molecule has 2 bridgehead atoms. The van der Waals surface area contributed by atoms with Crippen LogP contribution in [0.5, 0.6) is 0 Å². The van der Waals surface area contributed by atoms with Gasteiger partial charge in [-0.05, 0) is 50.6 Å². The number of para-hydroxylation sites is 1. The highest BCUT2D eigenvalue weighted by Gasteiger charge is 2.50. The lowest BCUT2D eigenvalue weighted by Gasteiger charge is -2.45. The Kier molecular flexibility index (Phi) is 10.6. The number of fused-ring (bicyclic) bond motifs is 2. The number of aliphatic hydroxyl groups is 1. The number of aromatic nitrogens is 1. The summed E-state index contributed by atoms with van der Waals surface area (Å²) in [5, 5.41) is 15.9. The summed E-state index contributed by atoms with van der Waals surface area (Å²) in [5.74, 6) is -3.55. The zero-order valence-corrected chi connectivity index (χ0v) is 26.9. The molecule has 0 spiro atoms. The number of anilines is 1. The molecule has 47 heavy (non-hydrogen) atoms. The van der Waals surface area contributed by atoms with Crippen molar-refractivity contribution in [3.63, 3.8) is 0 Å². The summed E-state index contributed by atoms with van der Waals surface area (Å²) in [5.41, 5.74) is 2.32. The van der Waals surface area contributed by atoms with E-state index in [1.165, 1.54) is 13.0 Å². The fourth-order valence-electron chi connectivity index (χ4n) is 5.84. The number of hydrogen-bond donors (Lipinski definition) is 3. The van der Waals surface area contributed by atoms with Crippen LogP contribution in [0.1, 0.15) is 37.7 Å². The highest BCUT2D eigenvalue weighted by Crippen LogP contribution is 2.26. The van der Waals surface area contributed by atoms with Gasteiger partial charge in [-0.1, -0.05) is 68.4 Å². The van der Waals surface area contributed by atoms with Crippen LogP contribution in [0.2, 0.25) is 0 Å². The maximum absolute atomic E-state index is 13.6. The number of carbonyl (C=O) groups excluding carboxylic acids is 4. The smallest absolute Gasteiger partial charge is 0.497 e. The third kappa shape index (κ3) is 7.98. The van der Waals surface area contributed by atoms with E-state index in [0.717, 1.165) is 11.3 Å².